The van der Waals surface area contributed by atoms with Crippen LogP contribution in [0.3, 0.4) is 0 Å². The van der Waals surface area contributed by atoms with E-state index in [9.17, 15) is 8.22 Å². The molecular formula is C60H40N2SSi. The Hall–Kier alpha value is -7.76. The van der Waals surface area contributed by atoms with Gasteiger partial charge in [-0.15, -0.1) is 11.3 Å². The number of hydrogen-bond acceptors (Lipinski definition) is 1. The van der Waals surface area contributed by atoms with Crippen molar-refractivity contribution in [2.24, 2.45) is 0 Å². The van der Waals surface area contributed by atoms with Gasteiger partial charge in [0.15, 0.2) is 8.07 Å². The molecule has 3 aromatic heterocycles. The summed E-state index contributed by atoms with van der Waals surface area (Å²) in [5.74, 6) is 0. The number of benzene rings is 10. The zero-order valence-corrected chi connectivity index (χ0v) is 36.0. The minimum absolute atomic E-state index is 0.00391. The van der Waals surface area contributed by atoms with Gasteiger partial charge in [-0.1, -0.05) is 200 Å². The average Bonchev–Trinajstić information content (AvgIpc) is 4.12. The van der Waals surface area contributed by atoms with Gasteiger partial charge < -0.3 is 9.13 Å². The van der Waals surface area contributed by atoms with Gasteiger partial charge in [-0.05, 0) is 74.3 Å². The van der Waals surface area contributed by atoms with Gasteiger partial charge in [-0.3, -0.25) is 0 Å². The molecule has 0 unspecified atom stereocenters. The highest BCUT2D eigenvalue weighted by atomic mass is 32.1. The van der Waals surface area contributed by atoms with Gasteiger partial charge in [0.1, 0.15) is 0 Å². The molecule has 0 aliphatic rings. The van der Waals surface area contributed by atoms with Gasteiger partial charge in [-0.2, -0.15) is 0 Å². The van der Waals surface area contributed by atoms with Crippen molar-refractivity contribution in [2.45, 2.75) is 0 Å². The Morgan fingerprint density at radius 1 is 0.406 bits per heavy atom. The van der Waals surface area contributed by atoms with E-state index in [1.807, 2.05) is 100 Å². The smallest absolute Gasteiger partial charge is 0.179 e. The van der Waals surface area contributed by atoms with Crippen LogP contribution in [0.15, 0.2) is 242 Å². The molecule has 300 valence electrons. The van der Waals surface area contributed by atoms with Crippen LogP contribution >= 0.6 is 11.3 Å². The summed E-state index contributed by atoms with van der Waals surface area (Å²) in [4.78, 5) is 0. The van der Waals surface area contributed by atoms with E-state index in [1.165, 1.54) is 11.3 Å². The summed E-state index contributed by atoms with van der Waals surface area (Å²) in [6.07, 6.45) is 0. The van der Waals surface area contributed by atoms with E-state index in [0.717, 1.165) is 53.7 Å². The van der Waals surface area contributed by atoms with Crippen LogP contribution in [-0.2, 0) is 0 Å². The lowest BCUT2D eigenvalue weighted by Gasteiger charge is -2.35. The van der Waals surface area contributed by atoms with Crippen LogP contribution in [0.1, 0.15) is 12.3 Å². The Balaban J connectivity index is 1.24. The third-order valence-electron chi connectivity index (χ3n) is 12.8. The number of nitrogens with zero attached hydrogens (tertiary/aromatic N) is 2. The van der Waals surface area contributed by atoms with Gasteiger partial charge in [0.2, 0.25) is 0 Å². The molecule has 64 heavy (non-hydrogen) atoms. The van der Waals surface area contributed by atoms with Crippen LogP contribution in [0.25, 0.3) is 86.3 Å². The first-order valence-corrected chi connectivity index (χ1v) is 24.1. The van der Waals surface area contributed by atoms with Gasteiger partial charge in [0.05, 0.1) is 44.8 Å². The molecule has 0 spiro atoms. The van der Waals surface area contributed by atoms with Gasteiger partial charge in [0.25, 0.3) is 0 Å². The summed E-state index contributed by atoms with van der Waals surface area (Å²) in [7, 11) is -3.31. The molecule has 0 saturated carbocycles. The molecule has 0 aliphatic carbocycles. The number of rotatable bonds is 7. The molecule has 0 aliphatic heterocycles. The van der Waals surface area contributed by atoms with E-state index < -0.39 is 26.2 Å². The second-order valence-electron chi connectivity index (χ2n) is 16.1. The summed E-state index contributed by atoms with van der Waals surface area (Å²) in [6.45, 7) is 0. The lowest BCUT2D eigenvalue weighted by molar-refractivity contribution is 1.18. The molecule has 0 atom stereocenters. The maximum Gasteiger partial charge on any atom is 0.179 e. The second-order valence-corrected chi connectivity index (χ2v) is 20.9. The molecule has 0 fully saturated rings. The topological polar surface area (TPSA) is 9.86 Å². The van der Waals surface area contributed by atoms with E-state index in [-0.39, 0.29) is 57.9 Å². The summed E-state index contributed by atoms with van der Waals surface area (Å²) >= 11 is 1.20. The third-order valence-corrected chi connectivity index (χ3v) is 18.7. The van der Waals surface area contributed by atoms with Crippen molar-refractivity contribution in [2.75, 3.05) is 0 Å². The average molecular weight is 858 g/mol. The number of para-hydroxylation sites is 3. The molecule has 2 nitrogen and oxygen atoms in total. The predicted octanol–water partition coefficient (Wildman–Crippen LogP) is 13.3. The normalized spacial score (nSPS) is 14.0. The zero-order valence-electron chi connectivity index (χ0n) is 43.2. The molecule has 10 aromatic carbocycles. The minimum Gasteiger partial charge on any atom is -0.309 e. The van der Waals surface area contributed by atoms with Crippen LogP contribution in [-0.4, -0.2) is 17.2 Å². The van der Waals surface area contributed by atoms with Crippen molar-refractivity contribution >= 4 is 104 Å². The number of hydrogen-bond donors (Lipinski definition) is 0. The van der Waals surface area contributed by atoms with E-state index >= 15 is 0 Å². The van der Waals surface area contributed by atoms with Gasteiger partial charge >= 0.3 is 0 Å². The highest BCUT2D eigenvalue weighted by Gasteiger charge is 2.42. The Labute approximate surface area is 388 Å². The Kier molecular flexibility index (Phi) is 6.59. The van der Waals surface area contributed by atoms with Crippen molar-refractivity contribution in [1.82, 2.24) is 9.13 Å². The SMILES string of the molecule is [2H]c1c([2H])c([2H])c2c(sc3c(-n4c5ccccc5c5ccccc54)c([2H])c4c5c([2H])c([2H])c([2H])c([2H])c5n(-c5cccc([Si](c6ccccc6)(c6ccccc6)c6cccc(-c7ccccc7)c6)c5)c4c32)c1[2H]. The maximum atomic E-state index is 10.6. The molecule has 4 heteroatoms. The molecule has 3 heterocycles. The van der Waals surface area contributed by atoms with E-state index in [0.29, 0.717) is 31.7 Å². The van der Waals surface area contributed by atoms with Gasteiger partial charge in [-0.25, -0.2) is 0 Å². The monoisotopic (exact) mass is 857 g/mol. The lowest BCUT2D eigenvalue weighted by atomic mass is 10.1. The molecule has 13 rings (SSSR count). The van der Waals surface area contributed by atoms with Crippen molar-refractivity contribution in [3.8, 4) is 22.5 Å². The summed E-state index contributed by atoms with van der Waals surface area (Å²) in [5.41, 5.74) is 5.24. The largest absolute Gasteiger partial charge is 0.309 e. The number of thiophene rings is 1. The Bertz CT molecular complexity index is 4340. The fraction of sp³-hybridized carbons (Fsp3) is 0. The van der Waals surface area contributed by atoms with E-state index in [4.69, 9.17) is 4.11 Å². The fourth-order valence-corrected chi connectivity index (χ4v) is 16.1. The van der Waals surface area contributed by atoms with Crippen LogP contribution < -0.4 is 20.7 Å². The first-order chi connectivity index (χ1) is 35.5. The van der Waals surface area contributed by atoms with Crippen LogP contribution in [0.4, 0.5) is 0 Å². The predicted molar refractivity (Wildman–Crippen MR) is 277 cm³/mol. The standard InChI is InChI=1S/C60H40N2SSi/c1-4-20-41(21-5-1)42-22-18-28-46(38-42)64(44-24-6-2-7-25-44,45-26-8-3-9-27-45)47-29-19-23-43(39-47)61-53-34-14-12-32-50(53)52-40-56(60-58(59(52)61)51-33-13-17-37-57(51)63-60)62-54-35-15-10-30-48(54)49-31-11-16-36-55(49)62/h1-40H/i12D,13D,14D,17D,32D,33D,34D,37D,40D. The number of fused-ring (bicyclic) bond motifs is 10. The second kappa shape index (κ2) is 14.7. The molecule has 0 amide bonds. The Morgan fingerprint density at radius 2 is 0.953 bits per heavy atom. The zero-order chi connectivity index (χ0) is 50.0. The molecule has 0 N–H and O–H groups in total. The maximum absolute atomic E-state index is 10.6. The summed E-state index contributed by atoms with van der Waals surface area (Å²) in [6, 6.07) is 61.4. The number of aromatic nitrogens is 2. The molecule has 0 radical (unpaired) electrons. The first-order valence-electron chi connectivity index (χ1n) is 25.8. The molecule has 13 aromatic rings. The Morgan fingerprint density at radius 3 is 1.66 bits per heavy atom. The van der Waals surface area contributed by atoms with Crippen LogP contribution in [0.5, 0.6) is 0 Å². The highest BCUT2D eigenvalue weighted by molar-refractivity contribution is 7.26. The van der Waals surface area contributed by atoms with Crippen LogP contribution in [0.2, 0.25) is 0 Å². The first kappa shape index (κ1) is 28.8. The fourth-order valence-electron chi connectivity index (χ4n) is 10.1. The van der Waals surface area contributed by atoms with Crippen molar-refractivity contribution in [1.29, 1.82) is 0 Å². The highest BCUT2D eigenvalue weighted by Crippen LogP contribution is 2.47. The van der Waals surface area contributed by atoms with Crippen molar-refractivity contribution in [3.63, 3.8) is 0 Å². The molecule has 0 bridgehead atoms. The quantitative estimate of drug-likeness (QED) is 0.112. The van der Waals surface area contributed by atoms with Crippen molar-refractivity contribution in [3.05, 3.63) is 242 Å². The minimum atomic E-state index is -3.31. The lowest BCUT2D eigenvalue weighted by Crippen LogP contribution is -2.74. The van der Waals surface area contributed by atoms with Crippen molar-refractivity contribution < 1.29 is 12.3 Å². The van der Waals surface area contributed by atoms with E-state index in [2.05, 4.69) is 97.1 Å². The third kappa shape index (κ3) is 5.43. The molecule has 0 saturated heterocycles. The molecular weight excluding hydrogens is 809 g/mol. The van der Waals surface area contributed by atoms with E-state index in [1.54, 1.807) is 0 Å². The summed E-state index contributed by atoms with van der Waals surface area (Å²) < 4.78 is 90.0. The van der Waals surface area contributed by atoms with Gasteiger partial charge in [0, 0.05) is 42.7 Å². The van der Waals surface area contributed by atoms with Crippen LogP contribution in [0, 0.1) is 0 Å². The summed E-state index contributed by atoms with van der Waals surface area (Å²) in [5, 5.41) is 7.32.